The van der Waals surface area contributed by atoms with Crippen molar-refractivity contribution in [3.05, 3.63) is 0 Å². The first-order chi connectivity index (χ1) is 6.18. The quantitative estimate of drug-likeness (QED) is 0.677. The summed E-state index contributed by atoms with van der Waals surface area (Å²) in [6.45, 7) is 14.0. The van der Waals surface area contributed by atoms with Crippen LogP contribution in [0.15, 0.2) is 0 Å². The lowest BCUT2D eigenvalue weighted by Gasteiger charge is -2.29. The van der Waals surface area contributed by atoms with Crippen molar-refractivity contribution in [1.29, 1.82) is 0 Å². The molecule has 0 saturated carbocycles. The largest absolute Gasteiger partial charge is 0.311 e. The zero-order chi connectivity index (χ0) is 11.0. The fourth-order valence-corrected chi connectivity index (χ4v) is 2.40. The molecular formula is C13H27N. The standard InChI is InChI=1S/C13H27N/c1-12(2,3)9-10-7-8-11(14-10)13(4,5)6/h10-11,14H,7-9H2,1-6H3. The van der Waals surface area contributed by atoms with Crippen LogP contribution in [0.5, 0.6) is 0 Å². The Bertz CT molecular complexity index is 182. The molecule has 1 rings (SSSR count). The fraction of sp³-hybridized carbons (Fsp3) is 1.00. The summed E-state index contributed by atoms with van der Waals surface area (Å²) in [5, 5.41) is 3.79. The van der Waals surface area contributed by atoms with E-state index in [0.717, 1.165) is 12.1 Å². The number of hydrogen-bond donors (Lipinski definition) is 1. The van der Waals surface area contributed by atoms with Gasteiger partial charge >= 0.3 is 0 Å². The van der Waals surface area contributed by atoms with Crippen molar-refractivity contribution in [2.24, 2.45) is 10.8 Å². The van der Waals surface area contributed by atoms with Gasteiger partial charge in [0, 0.05) is 12.1 Å². The third-order valence-corrected chi connectivity index (χ3v) is 3.14. The van der Waals surface area contributed by atoms with E-state index in [1.165, 1.54) is 19.3 Å². The van der Waals surface area contributed by atoms with Crippen LogP contribution in [0.4, 0.5) is 0 Å². The van der Waals surface area contributed by atoms with E-state index in [1.54, 1.807) is 0 Å². The Balaban J connectivity index is 2.42. The third-order valence-electron chi connectivity index (χ3n) is 3.14. The maximum absolute atomic E-state index is 3.79. The van der Waals surface area contributed by atoms with Gasteiger partial charge in [0.2, 0.25) is 0 Å². The maximum atomic E-state index is 3.79. The van der Waals surface area contributed by atoms with Crippen LogP contribution in [0.1, 0.15) is 60.8 Å². The molecular weight excluding hydrogens is 170 g/mol. The SMILES string of the molecule is CC(C)(C)CC1CCC(C(C)(C)C)N1. The topological polar surface area (TPSA) is 12.0 Å². The summed E-state index contributed by atoms with van der Waals surface area (Å²) in [6, 6.07) is 1.47. The van der Waals surface area contributed by atoms with Crippen LogP contribution in [-0.4, -0.2) is 12.1 Å². The monoisotopic (exact) mass is 197 g/mol. The second-order valence-corrected chi connectivity index (χ2v) is 7.12. The van der Waals surface area contributed by atoms with Crippen LogP contribution < -0.4 is 5.32 Å². The third kappa shape index (κ3) is 3.61. The Morgan fingerprint density at radius 3 is 1.93 bits per heavy atom. The van der Waals surface area contributed by atoms with Gasteiger partial charge in [-0.05, 0) is 30.1 Å². The second-order valence-electron chi connectivity index (χ2n) is 7.12. The summed E-state index contributed by atoms with van der Waals surface area (Å²) in [7, 11) is 0. The second kappa shape index (κ2) is 3.84. The van der Waals surface area contributed by atoms with Crippen molar-refractivity contribution in [3.8, 4) is 0 Å². The van der Waals surface area contributed by atoms with Gasteiger partial charge in [-0.1, -0.05) is 41.5 Å². The van der Waals surface area contributed by atoms with Gasteiger partial charge in [0.25, 0.3) is 0 Å². The number of nitrogens with one attached hydrogen (secondary N) is 1. The smallest absolute Gasteiger partial charge is 0.0119 e. The Morgan fingerprint density at radius 1 is 1.00 bits per heavy atom. The summed E-state index contributed by atoms with van der Waals surface area (Å²) in [6.07, 6.45) is 4.02. The van der Waals surface area contributed by atoms with E-state index in [-0.39, 0.29) is 0 Å². The maximum Gasteiger partial charge on any atom is 0.0119 e. The Kier molecular flexibility index (Phi) is 3.30. The minimum atomic E-state index is 0.423. The van der Waals surface area contributed by atoms with E-state index in [0.29, 0.717) is 10.8 Å². The van der Waals surface area contributed by atoms with Crippen LogP contribution in [0.25, 0.3) is 0 Å². The van der Waals surface area contributed by atoms with Gasteiger partial charge in [0.1, 0.15) is 0 Å². The van der Waals surface area contributed by atoms with Gasteiger partial charge < -0.3 is 5.32 Å². The first kappa shape index (κ1) is 12.0. The Labute approximate surface area is 89.7 Å². The summed E-state index contributed by atoms with van der Waals surface area (Å²) >= 11 is 0. The first-order valence-electron chi connectivity index (χ1n) is 5.94. The lowest BCUT2D eigenvalue weighted by atomic mass is 9.86. The van der Waals surface area contributed by atoms with Gasteiger partial charge in [-0.2, -0.15) is 0 Å². The number of rotatable bonds is 1. The molecule has 0 amide bonds. The minimum absolute atomic E-state index is 0.423. The molecule has 1 heteroatoms. The molecule has 1 N–H and O–H groups in total. The first-order valence-corrected chi connectivity index (χ1v) is 5.94. The molecule has 0 aromatic heterocycles. The summed E-state index contributed by atoms with van der Waals surface area (Å²) in [5.74, 6) is 0. The highest BCUT2D eigenvalue weighted by Gasteiger charge is 2.33. The highest BCUT2D eigenvalue weighted by Crippen LogP contribution is 2.32. The Morgan fingerprint density at radius 2 is 1.57 bits per heavy atom. The molecule has 1 aliphatic heterocycles. The molecule has 0 aromatic rings. The van der Waals surface area contributed by atoms with E-state index >= 15 is 0 Å². The van der Waals surface area contributed by atoms with Gasteiger partial charge in [0.05, 0.1) is 0 Å². The Hall–Kier alpha value is -0.0400. The highest BCUT2D eigenvalue weighted by atomic mass is 15.0. The van der Waals surface area contributed by atoms with Gasteiger partial charge in [-0.25, -0.2) is 0 Å². The predicted octanol–water partition coefficient (Wildman–Crippen LogP) is 3.59. The molecule has 1 heterocycles. The number of hydrogen-bond acceptors (Lipinski definition) is 1. The van der Waals surface area contributed by atoms with Gasteiger partial charge in [0.15, 0.2) is 0 Å². The zero-order valence-corrected chi connectivity index (χ0v) is 10.8. The van der Waals surface area contributed by atoms with Crippen LogP contribution in [-0.2, 0) is 0 Å². The van der Waals surface area contributed by atoms with Crippen molar-refractivity contribution in [1.82, 2.24) is 5.32 Å². The van der Waals surface area contributed by atoms with Gasteiger partial charge in [-0.3, -0.25) is 0 Å². The molecule has 2 atom stereocenters. The summed E-state index contributed by atoms with van der Waals surface area (Å²) in [5.41, 5.74) is 0.886. The molecule has 84 valence electrons. The summed E-state index contributed by atoms with van der Waals surface area (Å²) in [4.78, 5) is 0. The van der Waals surface area contributed by atoms with Crippen LogP contribution in [0, 0.1) is 10.8 Å². The lowest BCUT2D eigenvalue weighted by Crippen LogP contribution is -2.39. The van der Waals surface area contributed by atoms with Crippen molar-refractivity contribution in [2.75, 3.05) is 0 Å². The normalized spacial score (nSPS) is 29.6. The van der Waals surface area contributed by atoms with Crippen molar-refractivity contribution in [2.45, 2.75) is 72.9 Å². The molecule has 2 unspecified atom stereocenters. The van der Waals surface area contributed by atoms with E-state index in [4.69, 9.17) is 0 Å². The molecule has 1 saturated heterocycles. The molecule has 14 heavy (non-hydrogen) atoms. The van der Waals surface area contributed by atoms with Crippen molar-refractivity contribution >= 4 is 0 Å². The van der Waals surface area contributed by atoms with Crippen molar-refractivity contribution in [3.63, 3.8) is 0 Å². The molecule has 0 aromatic carbocycles. The molecule has 0 aliphatic carbocycles. The van der Waals surface area contributed by atoms with E-state index in [2.05, 4.69) is 46.9 Å². The highest BCUT2D eigenvalue weighted by molar-refractivity contribution is 4.91. The van der Waals surface area contributed by atoms with Crippen molar-refractivity contribution < 1.29 is 0 Å². The van der Waals surface area contributed by atoms with Gasteiger partial charge in [-0.15, -0.1) is 0 Å². The van der Waals surface area contributed by atoms with E-state index in [1.807, 2.05) is 0 Å². The average Bonchev–Trinajstić information content (AvgIpc) is 2.29. The molecule has 0 spiro atoms. The molecule has 1 aliphatic rings. The molecule has 0 radical (unpaired) electrons. The average molecular weight is 197 g/mol. The minimum Gasteiger partial charge on any atom is -0.311 e. The summed E-state index contributed by atoms with van der Waals surface area (Å²) < 4.78 is 0. The van der Waals surface area contributed by atoms with Crippen LogP contribution in [0.2, 0.25) is 0 Å². The van der Waals surface area contributed by atoms with E-state index < -0.39 is 0 Å². The molecule has 1 nitrogen and oxygen atoms in total. The van der Waals surface area contributed by atoms with Crippen LogP contribution >= 0.6 is 0 Å². The zero-order valence-electron chi connectivity index (χ0n) is 10.8. The molecule has 1 fully saturated rings. The lowest BCUT2D eigenvalue weighted by molar-refractivity contribution is 0.265. The predicted molar refractivity (Wildman–Crippen MR) is 63.5 cm³/mol. The van der Waals surface area contributed by atoms with E-state index in [9.17, 15) is 0 Å². The fourth-order valence-electron chi connectivity index (χ4n) is 2.40. The molecule has 0 bridgehead atoms. The van der Waals surface area contributed by atoms with Crippen LogP contribution in [0.3, 0.4) is 0 Å².